The first-order valence-electron chi connectivity index (χ1n) is 4.76. The summed E-state index contributed by atoms with van der Waals surface area (Å²) in [5.74, 6) is -0.195. The normalized spacial score (nSPS) is 10.0. The molecule has 0 aliphatic heterocycles. The summed E-state index contributed by atoms with van der Waals surface area (Å²) < 4.78 is 0. The van der Waals surface area contributed by atoms with E-state index in [1.54, 1.807) is 19.3 Å². The highest BCUT2D eigenvalue weighted by Gasteiger charge is 2.04. The second-order valence-corrected chi connectivity index (χ2v) is 3.03. The van der Waals surface area contributed by atoms with Gasteiger partial charge in [0.2, 0.25) is 0 Å². The van der Waals surface area contributed by atoms with Crippen molar-refractivity contribution >= 4 is 5.91 Å². The smallest absolute Gasteiger partial charge is 0.269 e. The van der Waals surface area contributed by atoms with Crippen molar-refractivity contribution in [3.8, 4) is 0 Å². The number of carbonyl (C=O) groups is 1. The van der Waals surface area contributed by atoms with E-state index in [1.165, 1.54) is 0 Å². The molecule has 0 aliphatic rings. The van der Waals surface area contributed by atoms with Crippen LogP contribution < -0.4 is 10.6 Å². The van der Waals surface area contributed by atoms with Crippen LogP contribution in [-0.2, 0) is 6.54 Å². The molecule has 3 N–H and O–H groups in total. The van der Waals surface area contributed by atoms with Gasteiger partial charge in [0.05, 0.1) is 6.61 Å². The van der Waals surface area contributed by atoms with Crippen molar-refractivity contribution in [3.05, 3.63) is 29.6 Å². The van der Waals surface area contributed by atoms with Crippen LogP contribution in [0.3, 0.4) is 0 Å². The minimum atomic E-state index is -0.195. The molecule has 0 saturated heterocycles. The van der Waals surface area contributed by atoms with Crippen molar-refractivity contribution in [1.82, 2.24) is 15.6 Å². The lowest BCUT2D eigenvalue weighted by molar-refractivity contribution is 0.0958. The van der Waals surface area contributed by atoms with Gasteiger partial charge in [0.25, 0.3) is 5.91 Å². The summed E-state index contributed by atoms with van der Waals surface area (Å²) in [6.45, 7) is 1.26. The molecule has 15 heavy (non-hydrogen) atoms. The van der Waals surface area contributed by atoms with Gasteiger partial charge in [0.1, 0.15) is 5.69 Å². The Kier molecular flexibility index (Phi) is 4.73. The van der Waals surface area contributed by atoms with Crippen LogP contribution in [0.15, 0.2) is 18.3 Å². The standard InChI is InChI=1S/C10H15N3O2/c1-11-10(15)9-6-8(2-3-13-9)7-12-4-5-14/h2-3,6,12,14H,4-5,7H2,1H3,(H,11,15). The van der Waals surface area contributed by atoms with Crippen molar-refractivity contribution in [2.75, 3.05) is 20.2 Å². The molecule has 1 heterocycles. The summed E-state index contributed by atoms with van der Waals surface area (Å²) in [7, 11) is 1.57. The van der Waals surface area contributed by atoms with E-state index < -0.39 is 0 Å². The highest BCUT2D eigenvalue weighted by atomic mass is 16.3. The molecule has 1 rings (SSSR count). The highest BCUT2D eigenvalue weighted by Crippen LogP contribution is 2.01. The lowest BCUT2D eigenvalue weighted by atomic mass is 10.2. The van der Waals surface area contributed by atoms with Gasteiger partial charge in [-0.25, -0.2) is 0 Å². The van der Waals surface area contributed by atoms with E-state index in [2.05, 4.69) is 15.6 Å². The summed E-state index contributed by atoms with van der Waals surface area (Å²) in [4.78, 5) is 15.2. The number of rotatable bonds is 5. The van der Waals surface area contributed by atoms with Crippen molar-refractivity contribution in [2.24, 2.45) is 0 Å². The number of nitrogens with one attached hydrogen (secondary N) is 2. The average molecular weight is 209 g/mol. The first-order valence-corrected chi connectivity index (χ1v) is 4.76. The van der Waals surface area contributed by atoms with Crippen LogP contribution in [0.4, 0.5) is 0 Å². The van der Waals surface area contributed by atoms with Gasteiger partial charge < -0.3 is 15.7 Å². The van der Waals surface area contributed by atoms with E-state index in [-0.39, 0.29) is 12.5 Å². The molecule has 0 bridgehead atoms. The molecular weight excluding hydrogens is 194 g/mol. The predicted molar refractivity (Wildman–Crippen MR) is 56.4 cm³/mol. The Morgan fingerprint density at radius 2 is 2.40 bits per heavy atom. The first-order chi connectivity index (χ1) is 7.27. The third kappa shape index (κ3) is 3.65. The second kappa shape index (κ2) is 6.10. The Bertz CT molecular complexity index is 328. The number of aliphatic hydroxyl groups excluding tert-OH is 1. The summed E-state index contributed by atoms with van der Waals surface area (Å²) in [6, 6.07) is 3.56. The molecule has 5 nitrogen and oxygen atoms in total. The summed E-state index contributed by atoms with van der Waals surface area (Å²) >= 11 is 0. The van der Waals surface area contributed by atoms with E-state index >= 15 is 0 Å². The van der Waals surface area contributed by atoms with Crippen LogP contribution in [0, 0.1) is 0 Å². The Balaban J connectivity index is 2.62. The Labute approximate surface area is 88.5 Å². The average Bonchev–Trinajstić information content (AvgIpc) is 2.29. The van der Waals surface area contributed by atoms with Crippen LogP contribution in [0.25, 0.3) is 0 Å². The summed E-state index contributed by atoms with van der Waals surface area (Å²) in [5.41, 5.74) is 1.37. The zero-order chi connectivity index (χ0) is 11.1. The van der Waals surface area contributed by atoms with Crippen LogP contribution in [0.1, 0.15) is 16.1 Å². The van der Waals surface area contributed by atoms with Gasteiger partial charge in [-0.05, 0) is 17.7 Å². The van der Waals surface area contributed by atoms with Gasteiger partial charge in [0.15, 0.2) is 0 Å². The number of hydrogen-bond donors (Lipinski definition) is 3. The predicted octanol–water partition coefficient (Wildman–Crippen LogP) is -0.477. The Morgan fingerprint density at radius 1 is 1.60 bits per heavy atom. The Hall–Kier alpha value is -1.46. The topological polar surface area (TPSA) is 74.2 Å². The number of aliphatic hydroxyl groups is 1. The Morgan fingerprint density at radius 3 is 3.07 bits per heavy atom. The maximum atomic E-state index is 11.3. The van der Waals surface area contributed by atoms with E-state index in [0.29, 0.717) is 18.8 Å². The highest BCUT2D eigenvalue weighted by molar-refractivity contribution is 5.92. The number of amides is 1. The molecule has 0 aliphatic carbocycles. The molecule has 1 aromatic heterocycles. The monoisotopic (exact) mass is 209 g/mol. The minimum Gasteiger partial charge on any atom is -0.395 e. The van der Waals surface area contributed by atoms with Gasteiger partial charge in [-0.2, -0.15) is 0 Å². The van der Waals surface area contributed by atoms with Crippen molar-refractivity contribution in [2.45, 2.75) is 6.54 Å². The largest absolute Gasteiger partial charge is 0.395 e. The fourth-order valence-electron chi connectivity index (χ4n) is 1.15. The lowest BCUT2D eigenvalue weighted by Crippen LogP contribution is -2.21. The van der Waals surface area contributed by atoms with Crippen LogP contribution in [-0.4, -0.2) is 36.2 Å². The maximum absolute atomic E-state index is 11.3. The zero-order valence-electron chi connectivity index (χ0n) is 8.66. The summed E-state index contributed by atoms with van der Waals surface area (Å²) in [5, 5.41) is 14.1. The second-order valence-electron chi connectivity index (χ2n) is 3.03. The molecule has 1 aromatic rings. The number of carbonyl (C=O) groups excluding carboxylic acids is 1. The molecule has 0 unspecified atom stereocenters. The molecule has 0 atom stereocenters. The van der Waals surface area contributed by atoms with E-state index in [1.807, 2.05) is 6.07 Å². The molecule has 0 aromatic carbocycles. The molecule has 0 radical (unpaired) electrons. The fourth-order valence-corrected chi connectivity index (χ4v) is 1.15. The molecule has 0 spiro atoms. The molecule has 82 valence electrons. The van der Waals surface area contributed by atoms with Gasteiger partial charge in [-0.1, -0.05) is 0 Å². The number of nitrogens with zero attached hydrogens (tertiary/aromatic N) is 1. The summed E-state index contributed by atoms with van der Waals surface area (Å²) in [6.07, 6.45) is 1.60. The number of pyridine rings is 1. The van der Waals surface area contributed by atoms with E-state index in [0.717, 1.165) is 5.56 Å². The van der Waals surface area contributed by atoms with Gasteiger partial charge in [-0.15, -0.1) is 0 Å². The van der Waals surface area contributed by atoms with Gasteiger partial charge >= 0.3 is 0 Å². The molecule has 1 amide bonds. The third-order valence-corrected chi connectivity index (χ3v) is 1.90. The first kappa shape index (κ1) is 11.6. The number of aromatic nitrogens is 1. The fraction of sp³-hybridized carbons (Fsp3) is 0.400. The lowest BCUT2D eigenvalue weighted by Gasteiger charge is -2.04. The van der Waals surface area contributed by atoms with Gasteiger partial charge in [-0.3, -0.25) is 9.78 Å². The SMILES string of the molecule is CNC(=O)c1cc(CNCCO)ccn1. The molecule has 0 saturated carbocycles. The zero-order valence-corrected chi connectivity index (χ0v) is 8.66. The van der Waals surface area contributed by atoms with E-state index in [4.69, 9.17) is 5.11 Å². The molecule has 0 fully saturated rings. The van der Waals surface area contributed by atoms with Gasteiger partial charge in [0, 0.05) is 26.3 Å². The molecular formula is C10H15N3O2. The molecule has 5 heteroatoms. The van der Waals surface area contributed by atoms with Crippen molar-refractivity contribution in [3.63, 3.8) is 0 Å². The van der Waals surface area contributed by atoms with Crippen LogP contribution in [0.2, 0.25) is 0 Å². The third-order valence-electron chi connectivity index (χ3n) is 1.90. The van der Waals surface area contributed by atoms with Crippen LogP contribution in [0.5, 0.6) is 0 Å². The minimum absolute atomic E-state index is 0.105. The van der Waals surface area contributed by atoms with Crippen molar-refractivity contribution < 1.29 is 9.90 Å². The van der Waals surface area contributed by atoms with Crippen LogP contribution >= 0.6 is 0 Å². The number of hydrogen-bond acceptors (Lipinski definition) is 4. The van der Waals surface area contributed by atoms with E-state index in [9.17, 15) is 4.79 Å². The quantitative estimate of drug-likeness (QED) is 0.573. The maximum Gasteiger partial charge on any atom is 0.269 e. The van der Waals surface area contributed by atoms with Crippen molar-refractivity contribution in [1.29, 1.82) is 0 Å².